The number of carboxylic acids is 1. The Kier molecular flexibility index (Phi) is 4.14. The lowest BCUT2D eigenvalue weighted by Gasteiger charge is -2.24. The van der Waals surface area contributed by atoms with E-state index in [9.17, 15) is 14.7 Å². The largest absolute Gasteiger partial charge is 0.481 e. The van der Waals surface area contributed by atoms with Gasteiger partial charge < -0.3 is 14.8 Å². The number of carbonyl (C=O) groups is 2. The average molecular weight is 314 g/mol. The van der Waals surface area contributed by atoms with Crippen LogP contribution in [0, 0.1) is 11.8 Å². The summed E-state index contributed by atoms with van der Waals surface area (Å²) in [6, 6.07) is 5.23. The summed E-state index contributed by atoms with van der Waals surface area (Å²) in [5.41, 5.74) is 1.94. The second-order valence-electron chi connectivity index (χ2n) is 5.63. The minimum Gasteiger partial charge on any atom is -0.481 e. The van der Waals surface area contributed by atoms with Crippen LogP contribution in [0.4, 0.5) is 5.69 Å². The maximum atomic E-state index is 12.4. The van der Waals surface area contributed by atoms with Gasteiger partial charge in [-0.3, -0.25) is 9.59 Å². The van der Waals surface area contributed by atoms with E-state index in [1.807, 2.05) is 19.1 Å². The van der Waals surface area contributed by atoms with E-state index < -0.39 is 17.8 Å². The highest BCUT2D eigenvalue weighted by Crippen LogP contribution is 2.28. The summed E-state index contributed by atoms with van der Waals surface area (Å²) in [7, 11) is 0. The number of benzene rings is 1. The molecule has 0 aliphatic heterocycles. The fraction of sp³-hybridized carbons (Fsp3) is 0.353. The smallest absolute Gasteiger partial charge is 0.307 e. The van der Waals surface area contributed by atoms with Gasteiger partial charge in [0.25, 0.3) is 0 Å². The third-order valence-electron chi connectivity index (χ3n) is 4.09. The molecule has 3 rings (SSSR count). The Morgan fingerprint density at radius 2 is 2.04 bits per heavy atom. The van der Waals surface area contributed by atoms with E-state index in [1.165, 1.54) is 0 Å². The van der Waals surface area contributed by atoms with E-state index in [4.69, 9.17) is 4.42 Å². The predicted molar refractivity (Wildman–Crippen MR) is 85.0 cm³/mol. The topological polar surface area (TPSA) is 92.4 Å². The van der Waals surface area contributed by atoms with Crippen LogP contribution in [0.2, 0.25) is 0 Å². The van der Waals surface area contributed by atoms with Gasteiger partial charge in [0.05, 0.1) is 11.8 Å². The van der Waals surface area contributed by atoms with Gasteiger partial charge in [0.1, 0.15) is 5.52 Å². The van der Waals surface area contributed by atoms with Gasteiger partial charge in [-0.25, -0.2) is 4.98 Å². The summed E-state index contributed by atoms with van der Waals surface area (Å²) < 4.78 is 5.53. The molecule has 0 fully saturated rings. The summed E-state index contributed by atoms with van der Waals surface area (Å²) in [5, 5.41) is 12.1. The molecule has 0 saturated carbocycles. The van der Waals surface area contributed by atoms with Crippen molar-refractivity contribution < 1.29 is 19.1 Å². The van der Waals surface area contributed by atoms with Gasteiger partial charge in [0, 0.05) is 12.1 Å². The Hall–Kier alpha value is -2.63. The van der Waals surface area contributed by atoms with Crippen LogP contribution in [0.25, 0.3) is 11.1 Å². The minimum atomic E-state index is -0.936. The number of allylic oxidation sites excluding steroid dienone is 2. The average Bonchev–Trinajstić information content (AvgIpc) is 2.97. The monoisotopic (exact) mass is 314 g/mol. The third-order valence-corrected chi connectivity index (χ3v) is 4.09. The number of hydrogen-bond acceptors (Lipinski definition) is 4. The fourth-order valence-corrected chi connectivity index (χ4v) is 2.82. The molecule has 1 aromatic carbocycles. The highest BCUT2D eigenvalue weighted by atomic mass is 16.4. The molecule has 1 aromatic heterocycles. The molecular weight excluding hydrogens is 296 g/mol. The zero-order chi connectivity index (χ0) is 16.4. The van der Waals surface area contributed by atoms with Gasteiger partial charge in [-0.05, 0) is 31.0 Å². The van der Waals surface area contributed by atoms with Gasteiger partial charge in [-0.2, -0.15) is 0 Å². The molecule has 1 aliphatic carbocycles. The van der Waals surface area contributed by atoms with Crippen LogP contribution in [0.15, 0.2) is 34.8 Å². The van der Waals surface area contributed by atoms with Crippen molar-refractivity contribution in [2.45, 2.75) is 26.2 Å². The first-order valence-electron chi connectivity index (χ1n) is 7.66. The number of anilines is 1. The number of carbonyl (C=O) groups excluding carboxylic acids is 1. The predicted octanol–water partition coefficient (Wildman–Crippen LogP) is 3.00. The van der Waals surface area contributed by atoms with Crippen molar-refractivity contribution in [2.75, 3.05) is 5.32 Å². The van der Waals surface area contributed by atoms with Gasteiger partial charge in [-0.1, -0.05) is 19.1 Å². The molecule has 1 aliphatic rings. The zero-order valence-corrected chi connectivity index (χ0v) is 12.8. The molecule has 6 nitrogen and oxygen atoms in total. The van der Waals surface area contributed by atoms with E-state index >= 15 is 0 Å². The zero-order valence-electron chi connectivity index (χ0n) is 12.8. The van der Waals surface area contributed by atoms with Gasteiger partial charge in [0.2, 0.25) is 5.91 Å². The first-order valence-corrected chi connectivity index (χ1v) is 7.66. The van der Waals surface area contributed by atoms with Crippen molar-refractivity contribution in [2.24, 2.45) is 11.8 Å². The maximum absolute atomic E-state index is 12.4. The number of hydrogen-bond donors (Lipinski definition) is 2. The summed E-state index contributed by atoms with van der Waals surface area (Å²) in [5.74, 6) is -1.81. The SMILES string of the molecule is CCc1nc2cc(NC(=O)[C@H]3CC=CC[C@H]3C(=O)O)ccc2o1. The number of fused-ring (bicyclic) bond motifs is 1. The molecule has 0 unspecified atom stereocenters. The van der Waals surface area contributed by atoms with Gasteiger partial charge >= 0.3 is 5.97 Å². The molecule has 0 radical (unpaired) electrons. The standard InChI is InChI=1S/C17H18N2O4/c1-2-15-19-13-9-10(7-8-14(13)23-15)18-16(20)11-5-3-4-6-12(11)17(21)22/h3-4,7-9,11-12H,2,5-6H2,1H3,(H,18,20)(H,21,22)/t11-,12+/m0/s1. The molecule has 0 spiro atoms. The molecule has 2 atom stereocenters. The molecule has 1 heterocycles. The molecule has 2 N–H and O–H groups in total. The Morgan fingerprint density at radius 1 is 1.30 bits per heavy atom. The molecule has 6 heteroatoms. The minimum absolute atomic E-state index is 0.277. The highest BCUT2D eigenvalue weighted by Gasteiger charge is 2.33. The number of rotatable bonds is 4. The van der Waals surface area contributed by atoms with E-state index in [-0.39, 0.29) is 5.91 Å². The number of carboxylic acid groups (broad SMARTS) is 1. The lowest BCUT2D eigenvalue weighted by molar-refractivity contribution is -0.146. The normalized spacial score (nSPS) is 20.6. The third kappa shape index (κ3) is 3.11. The van der Waals surface area contributed by atoms with Crippen molar-refractivity contribution in [3.05, 3.63) is 36.2 Å². The van der Waals surface area contributed by atoms with E-state index in [0.29, 0.717) is 41.9 Å². The quantitative estimate of drug-likeness (QED) is 0.846. The number of aliphatic carboxylic acids is 1. The summed E-state index contributed by atoms with van der Waals surface area (Å²) >= 11 is 0. The van der Waals surface area contributed by atoms with Crippen molar-refractivity contribution >= 4 is 28.7 Å². The lowest BCUT2D eigenvalue weighted by atomic mass is 9.82. The van der Waals surface area contributed by atoms with Crippen molar-refractivity contribution in [3.8, 4) is 0 Å². The molecule has 23 heavy (non-hydrogen) atoms. The Balaban J connectivity index is 1.79. The second-order valence-corrected chi connectivity index (χ2v) is 5.63. The number of amides is 1. The van der Waals surface area contributed by atoms with Gasteiger partial charge in [-0.15, -0.1) is 0 Å². The van der Waals surface area contributed by atoms with Crippen molar-refractivity contribution in [3.63, 3.8) is 0 Å². The van der Waals surface area contributed by atoms with E-state index in [0.717, 1.165) is 0 Å². The molecular formula is C17H18N2O4. The summed E-state index contributed by atoms with van der Waals surface area (Å²) in [6.45, 7) is 1.95. The summed E-state index contributed by atoms with van der Waals surface area (Å²) in [4.78, 5) is 28.1. The first-order chi connectivity index (χ1) is 11.1. The number of nitrogens with zero attached hydrogens (tertiary/aromatic N) is 1. The maximum Gasteiger partial charge on any atom is 0.307 e. The Morgan fingerprint density at radius 3 is 2.74 bits per heavy atom. The number of nitrogens with one attached hydrogen (secondary N) is 1. The Labute approximate surface area is 133 Å². The lowest BCUT2D eigenvalue weighted by Crippen LogP contribution is -2.34. The van der Waals surface area contributed by atoms with Crippen LogP contribution >= 0.6 is 0 Å². The molecule has 0 bridgehead atoms. The van der Waals surface area contributed by atoms with Crippen molar-refractivity contribution in [1.82, 2.24) is 4.98 Å². The first kappa shape index (κ1) is 15.3. The highest BCUT2D eigenvalue weighted by molar-refractivity contribution is 5.96. The summed E-state index contributed by atoms with van der Waals surface area (Å²) in [6.07, 6.45) is 5.20. The second kappa shape index (κ2) is 6.24. The van der Waals surface area contributed by atoms with Gasteiger partial charge in [0.15, 0.2) is 11.5 Å². The fourth-order valence-electron chi connectivity index (χ4n) is 2.82. The van der Waals surface area contributed by atoms with Crippen LogP contribution in [-0.4, -0.2) is 22.0 Å². The Bertz CT molecular complexity index is 778. The van der Waals surface area contributed by atoms with Crippen LogP contribution in [-0.2, 0) is 16.0 Å². The van der Waals surface area contributed by atoms with Crippen LogP contribution < -0.4 is 5.32 Å². The van der Waals surface area contributed by atoms with Crippen LogP contribution in [0.1, 0.15) is 25.7 Å². The number of aryl methyl sites for hydroxylation is 1. The molecule has 120 valence electrons. The number of oxazole rings is 1. The van der Waals surface area contributed by atoms with Crippen LogP contribution in [0.5, 0.6) is 0 Å². The molecule has 0 saturated heterocycles. The van der Waals surface area contributed by atoms with Crippen LogP contribution in [0.3, 0.4) is 0 Å². The number of aromatic nitrogens is 1. The van der Waals surface area contributed by atoms with Crippen molar-refractivity contribution in [1.29, 1.82) is 0 Å². The molecule has 1 amide bonds. The molecule has 2 aromatic rings. The van der Waals surface area contributed by atoms with E-state index in [2.05, 4.69) is 10.3 Å². The van der Waals surface area contributed by atoms with E-state index in [1.54, 1.807) is 18.2 Å².